The number of methoxy groups -OCH3 is 1. The summed E-state index contributed by atoms with van der Waals surface area (Å²) in [6.07, 6.45) is 0. The van der Waals surface area contributed by atoms with E-state index in [1.165, 1.54) is 11.4 Å². The largest absolute Gasteiger partial charge is 0.383 e. The molecule has 0 spiro atoms. The summed E-state index contributed by atoms with van der Waals surface area (Å²) in [6.45, 7) is 13.4. The maximum Gasteiger partial charge on any atom is 0.169 e. The molecule has 0 bridgehead atoms. The minimum absolute atomic E-state index is 0.255. The summed E-state index contributed by atoms with van der Waals surface area (Å²) in [6, 6.07) is 4.64. The second-order valence-electron chi connectivity index (χ2n) is 6.40. The van der Waals surface area contributed by atoms with E-state index in [1.807, 2.05) is 0 Å². The molecule has 1 N–H and O–H groups in total. The predicted octanol–water partition coefficient (Wildman–Crippen LogP) is 1.63. The lowest BCUT2D eigenvalue weighted by Crippen LogP contribution is -2.53. The van der Waals surface area contributed by atoms with Crippen molar-refractivity contribution >= 4 is 17.3 Å². The molecule has 6 heteroatoms. The summed E-state index contributed by atoms with van der Waals surface area (Å²) in [7, 11) is 1.72. The van der Waals surface area contributed by atoms with Crippen LogP contribution in [0.5, 0.6) is 0 Å². The lowest BCUT2D eigenvalue weighted by atomic mass is 10.3. The van der Waals surface area contributed by atoms with E-state index in [0.29, 0.717) is 6.61 Å². The highest BCUT2D eigenvalue weighted by Crippen LogP contribution is 2.08. The third-order valence-corrected chi connectivity index (χ3v) is 4.88. The highest BCUT2D eigenvalue weighted by Gasteiger charge is 2.19. The van der Waals surface area contributed by atoms with Crippen LogP contribution in [0.3, 0.4) is 0 Å². The van der Waals surface area contributed by atoms with Gasteiger partial charge in [-0.3, -0.25) is 4.90 Å². The molecule has 0 amide bonds. The van der Waals surface area contributed by atoms with Crippen molar-refractivity contribution in [1.29, 1.82) is 0 Å². The average Bonchev–Trinajstić information content (AvgIpc) is 2.84. The predicted molar refractivity (Wildman–Crippen MR) is 99.0 cm³/mol. The second-order valence-corrected chi connectivity index (χ2v) is 6.79. The van der Waals surface area contributed by atoms with Crippen molar-refractivity contribution in [2.75, 3.05) is 46.4 Å². The maximum absolute atomic E-state index is 5.50. The molecule has 5 nitrogen and oxygen atoms in total. The van der Waals surface area contributed by atoms with E-state index in [0.717, 1.165) is 44.4 Å². The fourth-order valence-electron chi connectivity index (χ4n) is 3.06. The van der Waals surface area contributed by atoms with Gasteiger partial charge in [-0.1, -0.05) is 0 Å². The Morgan fingerprint density at radius 3 is 2.35 bits per heavy atom. The molecule has 1 aromatic heterocycles. The van der Waals surface area contributed by atoms with Crippen LogP contribution >= 0.6 is 12.2 Å². The topological polar surface area (TPSA) is 32.7 Å². The fourth-order valence-corrected chi connectivity index (χ4v) is 3.45. The summed E-state index contributed by atoms with van der Waals surface area (Å²) in [5.41, 5.74) is 2.69. The fraction of sp³-hybridized carbons (Fsp3) is 0.706. The van der Waals surface area contributed by atoms with E-state index in [2.05, 4.69) is 52.6 Å². The van der Waals surface area contributed by atoms with E-state index >= 15 is 0 Å². The SMILES string of the molecule is COC[C@H](C)NC(=S)N1CCN(CCn2c(C)ccc2C)CC1. The summed E-state index contributed by atoms with van der Waals surface area (Å²) in [5.74, 6) is 0. The monoisotopic (exact) mass is 338 g/mol. The van der Waals surface area contributed by atoms with Crippen molar-refractivity contribution < 1.29 is 4.74 Å². The number of ether oxygens (including phenoxy) is 1. The van der Waals surface area contributed by atoms with Gasteiger partial charge in [0.25, 0.3) is 0 Å². The molecule has 1 aliphatic rings. The van der Waals surface area contributed by atoms with Crippen LogP contribution < -0.4 is 5.32 Å². The summed E-state index contributed by atoms with van der Waals surface area (Å²) >= 11 is 5.50. The Hall–Kier alpha value is -1.11. The van der Waals surface area contributed by atoms with Gasteiger partial charge in [-0.2, -0.15) is 0 Å². The molecule has 1 saturated heterocycles. The van der Waals surface area contributed by atoms with Crippen LogP contribution in [-0.2, 0) is 11.3 Å². The number of hydrogen-bond acceptors (Lipinski definition) is 3. The van der Waals surface area contributed by atoms with Crippen molar-refractivity contribution in [2.24, 2.45) is 0 Å². The Bertz CT molecular complexity index is 489. The van der Waals surface area contributed by atoms with E-state index < -0.39 is 0 Å². The van der Waals surface area contributed by atoms with Crippen LogP contribution in [0.2, 0.25) is 0 Å². The molecule has 0 aliphatic carbocycles. The van der Waals surface area contributed by atoms with Crippen molar-refractivity contribution in [1.82, 2.24) is 19.7 Å². The molecule has 0 unspecified atom stereocenters. The van der Waals surface area contributed by atoms with Crippen LogP contribution in [0.1, 0.15) is 18.3 Å². The van der Waals surface area contributed by atoms with Crippen molar-refractivity contribution in [3.63, 3.8) is 0 Å². The first-order chi connectivity index (χ1) is 11.0. The first-order valence-corrected chi connectivity index (χ1v) is 8.81. The quantitative estimate of drug-likeness (QED) is 0.797. The van der Waals surface area contributed by atoms with Gasteiger partial charge in [0.2, 0.25) is 0 Å². The molecule has 1 aliphatic heterocycles. The normalized spacial score (nSPS) is 17.3. The van der Waals surface area contributed by atoms with Crippen LogP contribution in [-0.4, -0.2) is 72.0 Å². The van der Waals surface area contributed by atoms with Crippen LogP contribution in [0.25, 0.3) is 0 Å². The van der Waals surface area contributed by atoms with Crippen molar-refractivity contribution in [2.45, 2.75) is 33.4 Å². The number of aromatic nitrogens is 1. The minimum atomic E-state index is 0.255. The molecule has 1 fully saturated rings. The van der Waals surface area contributed by atoms with Crippen molar-refractivity contribution in [3.05, 3.63) is 23.5 Å². The molecular weight excluding hydrogens is 308 g/mol. The molecule has 2 heterocycles. The molecule has 1 atom stereocenters. The Morgan fingerprint density at radius 2 is 1.78 bits per heavy atom. The zero-order valence-electron chi connectivity index (χ0n) is 14.8. The van der Waals surface area contributed by atoms with Gasteiger partial charge in [0, 0.05) is 63.8 Å². The summed E-state index contributed by atoms with van der Waals surface area (Å²) in [4.78, 5) is 4.79. The van der Waals surface area contributed by atoms with E-state index in [9.17, 15) is 0 Å². The van der Waals surface area contributed by atoms with Gasteiger partial charge in [0.05, 0.1) is 6.61 Å². The Labute approximate surface area is 145 Å². The van der Waals surface area contributed by atoms with Gasteiger partial charge in [-0.15, -0.1) is 0 Å². The molecular formula is C17H30N4OS. The van der Waals surface area contributed by atoms with Gasteiger partial charge in [-0.25, -0.2) is 0 Å². The Balaban J connectivity index is 1.72. The van der Waals surface area contributed by atoms with E-state index in [4.69, 9.17) is 17.0 Å². The number of piperazine rings is 1. The highest BCUT2D eigenvalue weighted by atomic mass is 32.1. The van der Waals surface area contributed by atoms with Gasteiger partial charge >= 0.3 is 0 Å². The summed E-state index contributed by atoms with van der Waals surface area (Å²) < 4.78 is 7.54. The second kappa shape index (κ2) is 8.66. The number of nitrogens with one attached hydrogen (secondary N) is 1. The molecule has 130 valence electrons. The first-order valence-electron chi connectivity index (χ1n) is 8.40. The lowest BCUT2D eigenvalue weighted by molar-refractivity contribution is 0.165. The van der Waals surface area contributed by atoms with Gasteiger partial charge in [0.1, 0.15) is 0 Å². The van der Waals surface area contributed by atoms with E-state index in [1.54, 1.807) is 7.11 Å². The molecule has 0 saturated carbocycles. The number of rotatable bonds is 6. The van der Waals surface area contributed by atoms with E-state index in [-0.39, 0.29) is 6.04 Å². The lowest BCUT2D eigenvalue weighted by Gasteiger charge is -2.37. The molecule has 0 aromatic carbocycles. The minimum Gasteiger partial charge on any atom is -0.383 e. The Morgan fingerprint density at radius 1 is 1.17 bits per heavy atom. The zero-order chi connectivity index (χ0) is 16.8. The number of thiocarbonyl (C=S) groups is 1. The molecule has 0 radical (unpaired) electrons. The number of nitrogens with zero attached hydrogens (tertiary/aromatic N) is 3. The van der Waals surface area contributed by atoms with Gasteiger partial charge in [-0.05, 0) is 45.1 Å². The number of hydrogen-bond donors (Lipinski definition) is 1. The first kappa shape index (κ1) is 18.2. The van der Waals surface area contributed by atoms with Crippen LogP contribution in [0.15, 0.2) is 12.1 Å². The molecule has 1 aromatic rings. The molecule has 23 heavy (non-hydrogen) atoms. The highest BCUT2D eigenvalue weighted by molar-refractivity contribution is 7.80. The van der Waals surface area contributed by atoms with Gasteiger partial charge < -0.3 is 19.5 Å². The summed E-state index contributed by atoms with van der Waals surface area (Å²) in [5, 5.41) is 4.20. The van der Waals surface area contributed by atoms with Crippen LogP contribution in [0.4, 0.5) is 0 Å². The third-order valence-electron chi connectivity index (χ3n) is 4.50. The molecule has 2 rings (SSSR count). The zero-order valence-corrected chi connectivity index (χ0v) is 15.7. The standard InChI is InChI=1S/C17H30N4OS/c1-14(13-22-4)18-17(23)20-10-7-19(8-11-20)9-12-21-15(2)5-6-16(21)3/h5-6,14H,7-13H2,1-4H3,(H,18,23)/t14-/m0/s1. The number of aryl methyl sites for hydroxylation is 2. The third kappa shape index (κ3) is 5.19. The van der Waals surface area contributed by atoms with Crippen molar-refractivity contribution in [3.8, 4) is 0 Å². The van der Waals surface area contributed by atoms with Crippen LogP contribution in [0, 0.1) is 13.8 Å². The van der Waals surface area contributed by atoms with Gasteiger partial charge in [0.15, 0.2) is 5.11 Å². The smallest absolute Gasteiger partial charge is 0.169 e. The maximum atomic E-state index is 5.50. The average molecular weight is 339 g/mol. The Kier molecular flexibility index (Phi) is 6.87.